The number of hydrogen-bond acceptors (Lipinski definition) is 2. The van der Waals surface area contributed by atoms with E-state index in [1.807, 2.05) is 24.3 Å². The van der Waals surface area contributed by atoms with Crippen molar-refractivity contribution >= 4 is 141 Å². The van der Waals surface area contributed by atoms with Crippen molar-refractivity contribution in [3.05, 3.63) is 534 Å². The molecule has 26 aromatic carbocycles. The number of hydrogen-bond donors (Lipinski definition) is 0. The molecular formula is C138H88O2. The van der Waals surface area contributed by atoms with Gasteiger partial charge in [0.25, 0.3) is 0 Å². The highest BCUT2D eigenvalue weighted by molar-refractivity contribution is 6.28. The Morgan fingerprint density at radius 3 is 0.807 bits per heavy atom. The molecule has 0 amide bonds. The first-order valence-corrected chi connectivity index (χ1v) is 48.2. The molecule has 28 aromatic rings. The van der Waals surface area contributed by atoms with Gasteiger partial charge in [-0.3, -0.25) is 0 Å². The second-order valence-corrected chi connectivity index (χ2v) is 36.5. The molecule has 0 unspecified atom stereocenters. The minimum Gasteiger partial charge on any atom is -0.456 e. The van der Waals surface area contributed by atoms with Crippen molar-refractivity contribution in [1.29, 1.82) is 0 Å². The van der Waals surface area contributed by atoms with Crippen LogP contribution in [-0.2, 0) is 0 Å². The maximum atomic E-state index is 6.39. The molecule has 2 heteroatoms. The molecule has 0 saturated heterocycles. The van der Waals surface area contributed by atoms with Gasteiger partial charge in [0, 0.05) is 27.1 Å². The highest BCUT2D eigenvalue weighted by atomic mass is 16.3. The van der Waals surface area contributed by atoms with Crippen molar-refractivity contribution in [2.45, 2.75) is 0 Å². The zero-order valence-corrected chi connectivity index (χ0v) is 76.6. The van der Waals surface area contributed by atoms with E-state index in [9.17, 15) is 0 Å². The largest absolute Gasteiger partial charge is 0.456 e. The van der Waals surface area contributed by atoms with Gasteiger partial charge >= 0.3 is 0 Å². The van der Waals surface area contributed by atoms with Crippen LogP contribution in [0.15, 0.2) is 543 Å². The van der Waals surface area contributed by atoms with Gasteiger partial charge in [0.1, 0.15) is 22.3 Å². The average molecular weight is 1780 g/mol. The van der Waals surface area contributed by atoms with Gasteiger partial charge in [0.2, 0.25) is 0 Å². The molecule has 0 aliphatic rings. The lowest BCUT2D eigenvalue weighted by molar-refractivity contribution is 0.669. The summed E-state index contributed by atoms with van der Waals surface area (Å²) in [6.07, 6.45) is 0. The Balaban J connectivity index is 0.000000108. The monoisotopic (exact) mass is 1780 g/mol. The fourth-order valence-electron chi connectivity index (χ4n) is 22.2. The Morgan fingerprint density at radius 2 is 0.364 bits per heavy atom. The van der Waals surface area contributed by atoms with E-state index < -0.39 is 0 Å². The quantitative estimate of drug-likeness (QED) is 0.114. The molecule has 0 radical (unpaired) electrons. The third-order valence-corrected chi connectivity index (χ3v) is 28.6. The second-order valence-electron chi connectivity index (χ2n) is 36.5. The van der Waals surface area contributed by atoms with E-state index >= 15 is 0 Å². The lowest BCUT2D eigenvalue weighted by Crippen LogP contribution is -1.93. The number of rotatable bonds is 12. The number of fused-ring (bicyclic) bond motifs is 15. The summed E-state index contributed by atoms with van der Waals surface area (Å²) in [5.74, 6) is 0. The van der Waals surface area contributed by atoms with Gasteiger partial charge in [-0.15, -0.1) is 0 Å². The molecule has 0 atom stereocenters. The van der Waals surface area contributed by atoms with E-state index in [-0.39, 0.29) is 0 Å². The number of furan rings is 2. The first-order chi connectivity index (χ1) is 69.5. The maximum Gasteiger partial charge on any atom is 0.143 e. The van der Waals surface area contributed by atoms with Crippen molar-refractivity contribution < 1.29 is 8.83 Å². The molecule has 652 valence electrons. The Labute approximate surface area is 811 Å². The smallest absolute Gasteiger partial charge is 0.143 e. The van der Waals surface area contributed by atoms with Crippen LogP contribution in [0.2, 0.25) is 0 Å². The third-order valence-electron chi connectivity index (χ3n) is 28.6. The number of para-hydroxylation sites is 3. The summed E-state index contributed by atoms with van der Waals surface area (Å²) in [6.45, 7) is 0. The lowest BCUT2D eigenvalue weighted by Gasteiger charge is -2.20. The van der Waals surface area contributed by atoms with Crippen LogP contribution in [0.5, 0.6) is 0 Å². The second kappa shape index (κ2) is 35.2. The summed E-state index contributed by atoms with van der Waals surface area (Å²) in [7, 11) is 0. The molecule has 140 heavy (non-hydrogen) atoms. The number of benzene rings is 26. The summed E-state index contributed by atoms with van der Waals surface area (Å²) in [4.78, 5) is 0. The van der Waals surface area contributed by atoms with Crippen LogP contribution in [0.4, 0.5) is 0 Å². The van der Waals surface area contributed by atoms with Crippen molar-refractivity contribution in [2.75, 3.05) is 0 Å². The van der Waals surface area contributed by atoms with E-state index in [2.05, 4.69) is 510 Å². The van der Waals surface area contributed by atoms with Crippen LogP contribution >= 0.6 is 0 Å². The Bertz CT molecular complexity index is 9540. The van der Waals surface area contributed by atoms with E-state index in [0.29, 0.717) is 0 Å². The van der Waals surface area contributed by atoms with Crippen LogP contribution in [0.25, 0.3) is 274 Å². The summed E-state index contributed by atoms with van der Waals surface area (Å²) < 4.78 is 12.7. The molecule has 2 heterocycles. The molecule has 0 aliphatic heterocycles. The van der Waals surface area contributed by atoms with Gasteiger partial charge in [0.15, 0.2) is 0 Å². The Morgan fingerprint density at radius 1 is 0.100 bits per heavy atom. The molecular weight excluding hydrogens is 1690 g/mol. The van der Waals surface area contributed by atoms with Gasteiger partial charge in [-0.1, -0.05) is 491 Å². The first-order valence-electron chi connectivity index (χ1n) is 48.2. The van der Waals surface area contributed by atoms with Gasteiger partial charge in [0.05, 0.1) is 0 Å². The van der Waals surface area contributed by atoms with Gasteiger partial charge in [-0.25, -0.2) is 0 Å². The summed E-state index contributed by atoms with van der Waals surface area (Å²) in [5, 5.41) is 27.2. The Hall–Kier alpha value is -18.3. The van der Waals surface area contributed by atoms with Crippen molar-refractivity contribution in [3.8, 4) is 134 Å². The predicted molar refractivity (Wildman–Crippen MR) is 597 cm³/mol. The fourth-order valence-corrected chi connectivity index (χ4v) is 22.2. The molecule has 0 bridgehead atoms. The third kappa shape index (κ3) is 14.5. The highest BCUT2D eigenvalue weighted by Gasteiger charge is 2.26. The lowest BCUT2D eigenvalue weighted by atomic mass is 9.83. The van der Waals surface area contributed by atoms with Crippen LogP contribution in [0.1, 0.15) is 0 Å². The molecule has 2 aromatic heterocycles. The summed E-state index contributed by atoms with van der Waals surface area (Å²) in [6, 6.07) is 193. The van der Waals surface area contributed by atoms with Crippen molar-refractivity contribution in [1.82, 2.24) is 0 Å². The molecule has 2 nitrogen and oxygen atoms in total. The summed E-state index contributed by atoms with van der Waals surface area (Å²) >= 11 is 0. The normalized spacial score (nSPS) is 11.6. The summed E-state index contributed by atoms with van der Waals surface area (Å²) in [5.41, 5.74) is 33.1. The van der Waals surface area contributed by atoms with E-state index in [4.69, 9.17) is 8.83 Å². The predicted octanol–water partition coefficient (Wildman–Crippen LogP) is 39.2. The van der Waals surface area contributed by atoms with Gasteiger partial charge < -0.3 is 8.83 Å². The SMILES string of the molecule is c1ccc(-c2ccc(-c3c4ccccc4c(-c4cccc5cc(-c6ccccc6)ccc45)c4ccccc34)cc2)cc1.c1ccc(-c2ccc3cccc(-c4c5ccccc5c(-c5ccc(-c6cccc7c6oc6ccccc67)cc5)c5ccccc45)c3c2)cc1.c1ccc(-c2ccc3cccc(-c4c5ccccc5c(-c5ccccc5-c5ccc6c(c5)oc5ccccc56)c5ccccc45)c3c2)cc1. The van der Waals surface area contributed by atoms with Crippen molar-refractivity contribution in [3.63, 3.8) is 0 Å². The minimum atomic E-state index is 0.907. The van der Waals surface area contributed by atoms with Gasteiger partial charge in [-0.2, -0.15) is 0 Å². The molecule has 0 saturated carbocycles. The van der Waals surface area contributed by atoms with Crippen LogP contribution in [0, 0.1) is 0 Å². The highest BCUT2D eigenvalue weighted by Crippen LogP contribution is 2.53. The molecule has 0 aliphatic carbocycles. The van der Waals surface area contributed by atoms with E-state index in [1.165, 1.54) is 214 Å². The zero-order chi connectivity index (χ0) is 92.5. The van der Waals surface area contributed by atoms with Crippen LogP contribution in [0.3, 0.4) is 0 Å². The standard InChI is InChI=1S/2C48H30O.C42H28/c1-2-12-31(13-3-1)35-29-26-32-14-10-21-42(44(32)30-35)47-40-18-6-4-16-38(40)46(39-17-5-7-19-41(39)47)34-27-24-33(25-28-34)36-20-11-22-43-37-15-8-9-23-45(37)49-48(36)43;1-2-13-31(14-3-1)33-26-25-32-15-12-23-43(44(32)29-33)48-41-21-8-6-19-39(41)47(40-20-7-9-22-42(40)48)38-18-5-4-16-35(38)34-27-28-37-36-17-10-11-24-45(36)49-46(37)30-34;1-3-12-29(13-4-1)31-22-24-32(25-23-31)41-37-17-7-9-19-39(37)42(40-20-10-8-18-38(40)41)36-21-11-16-34-28-33(26-27-35(34)36)30-14-5-2-6-15-30/h2*1-30H;1-28H. The maximum absolute atomic E-state index is 6.39. The fraction of sp³-hybridized carbons (Fsp3) is 0. The first kappa shape index (κ1) is 82.3. The van der Waals surface area contributed by atoms with Crippen molar-refractivity contribution in [2.24, 2.45) is 0 Å². The van der Waals surface area contributed by atoms with Crippen LogP contribution in [-0.4, -0.2) is 0 Å². The molecule has 0 spiro atoms. The minimum absolute atomic E-state index is 0.907. The Kier molecular flexibility index (Phi) is 20.7. The van der Waals surface area contributed by atoms with Gasteiger partial charge in [-0.05, 0) is 267 Å². The molecule has 0 N–H and O–H groups in total. The average Bonchev–Trinajstić information content (AvgIpc) is 1.47. The van der Waals surface area contributed by atoms with Crippen LogP contribution < -0.4 is 0 Å². The van der Waals surface area contributed by atoms with E-state index in [1.54, 1.807) is 0 Å². The van der Waals surface area contributed by atoms with E-state index in [0.717, 1.165) is 60.6 Å². The molecule has 0 fully saturated rings. The molecule has 28 rings (SSSR count). The topological polar surface area (TPSA) is 26.3 Å². The zero-order valence-electron chi connectivity index (χ0n) is 76.6.